The van der Waals surface area contributed by atoms with Gasteiger partial charge in [-0.15, -0.1) is 0 Å². The van der Waals surface area contributed by atoms with E-state index in [0.29, 0.717) is 29.4 Å². The van der Waals surface area contributed by atoms with Crippen molar-refractivity contribution in [2.45, 2.75) is 18.2 Å². The number of rotatable bonds is 6. The largest absolute Gasteiger partial charge is 0.494 e. The van der Waals surface area contributed by atoms with Crippen molar-refractivity contribution in [2.75, 3.05) is 18.1 Å². The maximum atomic E-state index is 12.2. The van der Waals surface area contributed by atoms with Crippen molar-refractivity contribution in [3.63, 3.8) is 0 Å². The average Bonchev–Trinajstić information content (AvgIpc) is 2.46. The Labute approximate surface area is 125 Å². The summed E-state index contributed by atoms with van der Waals surface area (Å²) in [6.45, 7) is 2.16. The molecule has 0 fully saturated rings. The summed E-state index contributed by atoms with van der Waals surface area (Å²) in [5, 5.41) is 0. The molecule has 0 aliphatic heterocycles. The highest BCUT2D eigenvalue weighted by Gasteiger charge is 2.15. The smallest absolute Gasteiger partial charge is 0.178 e. The minimum absolute atomic E-state index is 0.0762. The minimum Gasteiger partial charge on any atom is -0.494 e. The fourth-order valence-corrected chi connectivity index (χ4v) is 3.58. The molecular weight excluding hydrogens is 286 g/mol. The van der Waals surface area contributed by atoms with Crippen molar-refractivity contribution in [2.24, 2.45) is 0 Å². The normalized spacial score (nSPS) is 11.3. The first kappa shape index (κ1) is 15.4. The Hall–Kier alpha value is -2.01. The van der Waals surface area contributed by atoms with Gasteiger partial charge in [-0.25, -0.2) is 8.42 Å². The molecule has 0 atom stereocenters. The SMILES string of the molecule is Cc1ccccc1S(=O)(=O)CCCOc1ccc(N)cc1. The quantitative estimate of drug-likeness (QED) is 0.658. The summed E-state index contributed by atoms with van der Waals surface area (Å²) in [4.78, 5) is 0.400. The van der Waals surface area contributed by atoms with Crippen LogP contribution in [0.2, 0.25) is 0 Å². The van der Waals surface area contributed by atoms with Crippen molar-refractivity contribution in [3.05, 3.63) is 54.1 Å². The van der Waals surface area contributed by atoms with Gasteiger partial charge in [0.15, 0.2) is 9.84 Å². The molecule has 0 heterocycles. The van der Waals surface area contributed by atoms with E-state index in [1.165, 1.54) is 0 Å². The van der Waals surface area contributed by atoms with E-state index in [2.05, 4.69) is 0 Å². The zero-order valence-corrected chi connectivity index (χ0v) is 12.8. The topological polar surface area (TPSA) is 69.4 Å². The second-order valence-electron chi connectivity index (χ2n) is 4.86. The summed E-state index contributed by atoms with van der Waals surface area (Å²) in [5.74, 6) is 0.768. The number of benzene rings is 2. The molecule has 0 spiro atoms. The van der Waals surface area contributed by atoms with Crippen LogP contribution < -0.4 is 10.5 Å². The zero-order chi connectivity index (χ0) is 15.3. The number of aryl methyl sites for hydroxylation is 1. The van der Waals surface area contributed by atoms with Gasteiger partial charge in [0.1, 0.15) is 5.75 Å². The second kappa shape index (κ2) is 6.63. The third kappa shape index (κ3) is 4.23. The van der Waals surface area contributed by atoms with Gasteiger partial charge in [0.25, 0.3) is 0 Å². The molecule has 0 amide bonds. The summed E-state index contributed by atoms with van der Waals surface area (Å²) in [7, 11) is -3.25. The van der Waals surface area contributed by atoms with Gasteiger partial charge in [0.05, 0.1) is 17.3 Å². The Morgan fingerprint density at radius 3 is 2.38 bits per heavy atom. The Balaban J connectivity index is 1.88. The molecule has 21 heavy (non-hydrogen) atoms. The second-order valence-corrected chi connectivity index (χ2v) is 6.93. The third-order valence-electron chi connectivity index (χ3n) is 3.13. The van der Waals surface area contributed by atoms with E-state index in [9.17, 15) is 8.42 Å². The van der Waals surface area contributed by atoms with Crippen LogP contribution in [0, 0.1) is 6.92 Å². The lowest BCUT2D eigenvalue weighted by atomic mass is 10.2. The van der Waals surface area contributed by atoms with Crippen LogP contribution in [-0.2, 0) is 9.84 Å². The molecule has 0 saturated heterocycles. The van der Waals surface area contributed by atoms with Crippen LogP contribution in [0.5, 0.6) is 5.75 Å². The molecule has 5 heteroatoms. The summed E-state index contributed by atoms with van der Waals surface area (Å²) in [5.41, 5.74) is 7.03. The Morgan fingerprint density at radius 2 is 1.71 bits per heavy atom. The number of anilines is 1. The van der Waals surface area contributed by atoms with Crippen molar-refractivity contribution < 1.29 is 13.2 Å². The predicted octanol–water partition coefficient (Wildman–Crippen LogP) is 2.82. The van der Waals surface area contributed by atoms with E-state index in [4.69, 9.17) is 10.5 Å². The van der Waals surface area contributed by atoms with Gasteiger partial charge in [0.2, 0.25) is 0 Å². The van der Waals surface area contributed by atoms with Crippen molar-refractivity contribution in [1.82, 2.24) is 0 Å². The molecule has 2 rings (SSSR count). The van der Waals surface area contributed by atoms with E-state index < -0.39 is 9.84 Å². The van der Waals surface area contributed by atoms with Gasteiger partial charge < -0.3 is 10.5 Å². The zero-order valence-electron chi connectivity index (χ0n) is 12.0. The number of nitrogen functional groups attached to an aromatic ring is 1. The molecule has 0 aliphatic rings. The van der Waals surface area contributed by atoms with Gasteiger partial charge in [-0.1, -0.05) is 18.2 Å². The highest BCUT2D eigenvalue weighted by Crippen LogP contribution is 2.17. The maximum Gasteiger partial charge on any atom is 0.178 e. The van der Waals surface area contributed by atoms with E-state index in [1.54, 1.807) is 49.4 Å². The van der Waals surface area contributed by atoms with E-state index in [0.717, 1.165) is 5.56 Å². The monoisotopic (exact) mass is 305 g/mol. The summed E-state index contributed by atoms with van der Waals surface area (Å²) in [6, 6.07) is 14.1. The average molecular weight is 305 g/mol. The number of hydrogen-bond acceptors (Lipinski definition) is 4. The highest BCUT2D eigenvalue weighted by molar-refractivity contribution is 7.91. The van der Waals surface area contributed by atoms with Crippen LogP contribution in [-0.4, -0.2) is 20.8 Å². The highest BCUT2D eigenvalue weighted by atomic mass is 32.2. The first-order valence-electron chi connectivity index (χ1n) is 6.76. The fourth-order valence-electron chi connectivity index (χ4n) is 2.02. The predicted molar refractivity (Wildman–Crippen MR) is 84.2 cm³/mol. The number of hydrogen-bond donors (Lipinski definition) is 1. The Bertz CT molecular complexity index is 694. The molecule has 2 aromatic carbocycles. The molecule has 0 bridgehead atoms. The fraction of sp³-hybridized carbons (Fsp3) is 0.250. The molecule has 0 saturated carbocycles. The lowest BCUT2D eigenvalue weighted by Gasteiger charge is -2.09. The van der Waals surface area contributed by atoms with E-state index in [1.807, 2.05) is 6.07 Å². The standard InChI is InChI=1S/C16H19NO3S/c1-13-5-2-3-6-16(13)21(18,19)12-4-11-20-15-9-7-14(17)8-10-15/h2-3,5-10H,4,11-12,17H2,1H3. The molecule has 0 radical (unpaired) electrons. The van der Waals surface area contributed by atoms with Crippen LogP contribution in [0.4, 0.5) is 5.69 Å². The van der Waals surface area contributed by atoms with Gasteiger partial charge in [0, 0.05) is 5.69 Å². The number of nitrogens with two attached hydrogens (primary N) is 1. The van der Waals surface area contributed by atoms with E-state index >= 15 is 0 Å². The molecule has 0 unspecified atom stereocenters. The van der Waals surface area contributed by atoms with Crippen LogP contribution >= 0.6 is 0 Å². The van der Waals surface area contributed by atoms with Crippen molar-refractivity contribution in [3.8, 4) is 5.75 Å². The van der Waals surface area contributed by atoms with Gasteiger partial charge in [-0.05, 0) is 49.2 Å². The Morgan fingerprint density at radius 1 is 1.05 bits per heavy atom. The van der Waals surface area contributed by atoms with Crippen molar-refractivity contribution in [1.29, 1.82) is 0 Å². The lowest BCUT2D eigenvalue weighted by Crippen LogP contribution is -2.11. The van der Waals surface area contributed by atoms with Crippen molar-refractivity contribution >= 4 is 15.5 Å². The van der Waals surface area contributed by atoms with Gasteiger partial charge in [-0.3, -0.25) is 0 Å². The molecule has 112 valence electrons. The van der Waals surface area contributed by atoms with Crippen LogP contribution in [0.25, 0.3) is 0 Å². The van der Waals surface area contributed by atoms with E-state index in [-0.39, 0.29) is 5.75 Å². The first-order chi connectivity index (χ1) is 9.99. The van der Waals surface area contributed by atoms with Gasteiger partial charge >= 0.3 is 0 Å². The third-order valence-corrected chi connectivity index (χ3v) is 5.09. The molecular formula is C16H19NO3S. The Kier molecular flexibility index (Phi) is 4.85. The van der Waals surface area contributed by atoms with Crippen LogP contribution in [0.15, 0.2) is 53.4 Å². The minimum atomic E-state index is -3.25. The van der Waals surface area contributed by atoms with Crippen LogP contribution in [0.1, 0.15) is 12.0 Å². The number of ether oxygens (including phenoxy) is 1. The van der Waals surface area contributed by atoms with Gasteiger partial charge in [-0.2, -0.15) is 0 Å². The lowest BCUT2D eigenvalue weighted by molar-refractivity contribution is 0.317. The van der Waals surface area contributed by atoms with Crippen LogP contribution in [0.3, 0.4) is 0 Å². The number of sulfone groups is 1. The first-order valence-corrected chi connectivity index (χ1v) is 8.41. The summed E-state index contributed by atoms with van der Waals surface area (Å²) < 4.78 is 30.0. The molecule has 2 N–H and O–H groups in total. The summed E-state index contributed by atoms with van der Waals surface area (Å²) >= 11 is 0. The molecule has 0 aromatic heterocycles. The molecule has 4 nitrogen and oxygen atoms in total. The summed E-state index contributed by atoms with van der Waals surface area (Å²) in [6.07, 6.45) is 0.445. The molecule has 0 aliphatic carbocycles. The maximum absolute atomic E-state index is 12.2. The molecule has 2 aromatic rings.